The van der Waals surface area contributed by atoms with E-state index in [2.05, 4.69) is 0 Å². The van der Waals surface area contributed by atoms with E-state index in [-0.39, 0.29) is 7.12 Å². The van der Waals surface area contributed by atoms with E-state index >= 15 is 0 Å². The molecular weight excluding hydrogens is 199 g/mol. The first-order valence-electron chi connectivity index (χ1n) is 6.36. The minimum Gasteiger partial charge on any atom is -0.523 e. The standard InChI is InChI=1S/C13H17BO2/c1-2-4-8-11(7-3-1)14-15-12-9-5-6-10-13(12)16-14/h5-6,9-11H,1-4,7-8H2. The predicted octanol–water partition coefficient (Wildman–Crippen LogP) is 3.67. The van der Waals surface area contributed by atoms with Crippen molar-refractivity contribution in [2.45, 2.75) is 44.3 Å². The summed E-state index contributed by atoms with van der Waals surface area (Å²) in [4.78, 5) is 0. The molecule has 3 heteroatoms. The van der Waals surface area contributed by atoms with Gasteiger partial charge in [-0.05, 0) is 25.0 Å². The van der Waals surface area contributed by atoms with Gasteiger partial charge < -0.3 is 9.31 Å². The van der Waals surface area contributed by atoms with Gasteiger partial charge in [0.05, 0.1) is 0 Å². The Labute approximate surface area is 97.1 Å². The minimum atomic E-state index is -0.0319. The maximum Gasteiger partial charge on any atom is 0.598 e. The highest BCUT2D eigenvalue weighted by Crippen LogP contribution is 2.39. The van der Waals surface area contributed by atoms with Crippen LogP contribution in [0.15, 0.2) is 24.3 Å². The van der Waals surface area contributed by atoms with Crippen LogP contribution in [0.25, 0.3) is 0 Å². The number of benzene rings is 1. The van der Waals surface area contributed by atoms with Crippen molar-refractivity contribution in [1.82, 2.24) is 0 Å². The molecule has 1 saturated carbocycles. The smallest absolute Gasteiger partial charge is 0.523 e. The summed E-state index contributed by atoms with van der Waals surface area (Å²) in [7, 11) is -0.0319. The zero-order valence-corrected chi connectivity index (χ0v) is 9.52. The third kappa shape index (κ3) is 1.91. The molecule has 0 atom stereocenters. The summed E-state index contributed by atoms with van der Waals surface area (Å²) in [6.45, 7) is 0. The van der Waals surface area contributed by atoms with Gasteiger partial charge in [-0.2, -0.15) is 0 Å². The van der Waals surface area contributed by atoms with Crippen LogP contribution >= 0.6 is 0 Å². The first-order chi connectivity index (χ1) is 7.93. The van der Waals surface area contributed by atoms with Crippen LogP contribution in [0, 0.1) is 0 Å². The molecule has 0 amide bonds. The summed E-state index contributed by atoms with van der Waals surface area (Å²) in [5.74, 6) is 2.41. The van der Waals surface area contributed by atoms with Crippen LogP contribution in [0.5, 0.6) is 11.5 Å². The van der Waals surface area contributed by atoms with Gasteiger partial charge in [0, 0.05) is 5.82 Å². The fraction of sp³-hybridized carbons (Fsp3) is 0.538. The Morgan fingerprint density at radius 1 is 0.875 bits per heavy atom. The SMILES string of the molecule is c1ccc2c(c1)OB(C1CCCCCC1)O2. The van der Waals surface area contributed by atoms with Crippen molar-refractivity contribution in [2.75, 3.05) is 0 Å². The highest BCUT2D eigenvalue weighted by molar-refractivity contribution is 6.49. The number of hydrogen-bond donors (Lipinski definition) is 0. The normalized spacial score (nSPS) is 20.9. The van der Waals surface area contributed by atoms with Crippen LogP contribution < -0.4 is 9.31 Å². The van der Waals surface area contributed by atoms with E-state index in [1.54, 1.807) is 0 Å². The predicted molar refractivity (Wildman–Crippen MR) is 64.9 cm³/mol. The van der Waals surface area contributed by atoms with Gasteiger partial charge in [0.2, 0.25) is 0 Å². The highest BCUT2D eigenvalue weighted by atomic mass is 16.6. The molecule has 0 unspecified atom stereocenters. The third-order valence-electron chi connectivity index (χ3n) is 3.62. The van der Waals surface area contributed by atoms with Crippen molar-refractivity contribution in [3.05, 3.63) is 24.3 Å². The van der Waals surface area contributed by atoms with E-state index in [1.165, 1.54) is 38.5 Å². The van der Waals surface area contributed by atoms with Gasteiger partial charge in [-0.1, -0.05) is 37.8 Å². The van der Waals surface area contributed by atoms with Crippen molar-refractivity contribution in [1.29, 1.82) is 0 Å². The largest absolute Gasteiger partial charge is 0.598 e. The third-order valence-corrected chi connectivity index (χ3v) is 3.62. The van der Waals surface area contributed by atoms with Crippen LogP contribution in [0.4, 0.5) is 0 Å². The average Bonchev–Trinajstić information content (AvgIpc) is 2.56. The molecule has 1 fully saturated rings. The molecule has 0 aromatic heterocycles. The molecule has 0 saturated heterocycles. The van der Waals surface area contributed by atoms with E-state index in [1.807, 2.05) is 24.3 Å². The van der Waals surface area contributed by atoms with Crippen LogP contribution in [0.1, 0.15) is 38.5 Å². The molecule has 1 aliphatic carbocycles. The van der Waals surface area contributed by atoms with E-state index in [0.29, 0.717) is 5.82 Å². The summed E-state index contributed by atoms with van der Waals surface area (Å²) in [6.07, 6.45) is 7.89. The Kier molecular flexibility index (Phi) is 2.77. The van der Waals surface area contributed by atoms with Gasteiger partial charge in [-0.15, -0.1) is 0 Å². The zero-order valence-electron chi connectivity index (χ0n) is 9.52. The van der Waals surface area contributed by atoms with Gasteiger partial charge in [-0.3, -0.25) is 0 Å². The molecule has 0 bridgehead atoms. The molecule has 84 valence electrons. The molecule has 2 aliphatic rings. The summed E-state index contributed by atoms with van der Waals surface area (Å²) in [6, 6.07) is 7.98. The maximum atomic E-state index is 5.88. The number of rotatable bonds is 1. The van der Waals surface area contributed by atoms with E-state index in [9.17, 15) is 0 Å². The zero-order chi connectivity index (χ0) is 10.8. The Hall–Kier alpha value is -1.12. The van der Waals surface area contributed by atoms with Crippen molar-refractivity contribution >= 4 is 7.12 Å². The van der Waals surface area contributed by atoms with Gasteiger partial charge in [0.1, 0.15) is 11.5 Å². The Balaban J connectivity index is 1.70. The average molecular weight is 216 g/mol. The molecule has 2 nitrogen and oxygen atoms in total. The van der Waals surface area contributed by atoms with Crippen molar-refractivity contribution in [3.8, 4) is 11.5 Å². The molecule has 0 spiro atoms. The van der Waals surface area contributed by atoms with Gasteiger partial charge in [0.25, 0.3) is 0 Å². The Morgan fingerprint density at radius 2 is 1.44 bits per heavy atom. The molecule has 0 N–H and O–H groups in total. The van der Waals surface area contributed by atoms with Crippen molar-refractivity contribution in [2.24, 2.45) is 0 Å². The van der Waals surface area contributed by atoms with E-state index in [0.717, 1.165) is 11.5 Å². The molecule has 1 heterocycles. The maximum absolute atomic E-state index is 5.88. The Morgan fingerprint density at radius 3 is 2.00 bits per heavy atom. The highest BCUT2D eigenvalue weighted by Gasteiger charge is 2.39. The summed E-state index contributed by atoms with van der Waals surface area (Å²) in [5.41, 5.74) is 0. The summed E-state index contributed by atoms with van der Waals surface area (Å²) < 4.78 is 11.8. The molecule has 1 aromatic carbocycles. The fourth-order valence-electron chi connectivity index (χ4n) is 2.69. The first-order valence-corrected chi connectivity index (χ1v) is 6.36. The van der Waals surface area contributed by atoms with E-state index in [4.69, 9.17) is 9.31 Å². The molecular formula is C13H17BO2. The minimum absolute atomic E-state index is 0.0319. The van der Waals surface area contributed by atoms with E-state index < -0.39 is 0 Å². The lowest BCUT2D eigenvalue weighted by Gasteiger charge is -2.15. The quantitative estimate of drug-likeness (QED) is 0.526. The van der Waals surface area contributed by atoms with Gasteiger partial charge in [-0.25, -0.2) is 0 Å². The van der Waals surface area contributed by atoms with Gasteiger partial charge in [0.15, 0.2) is 0 Å². The fourth-order valence-corrected chi connectivity index (χ4v) is 2.69. The number of hydrogen-bond acceptors (Lipinski definition) is 2. The lowest BCUT2D eigenvalue weighted by atomic mass is 9.68. The monoisotopic (exact) mass is 216 g/mol. The van der Waals surface area contributed by atoms with Gasteiger partial charge >= 0.3 is 7.12 Å². The van der Waals surface area contributed by atoms with Crippen LogP contribution in [-0.2, 0) is 0 Å². The molecule has 3 rings (SSSR count). The summed E-state index contributed by atoms with van der Waals surface area (Å²) >= 11 is 0. The second kappa shape index (κ2) is 4.40. The lowest BCUT2D eigenvalue weighted by molar-refractivity contribution is 0.452. The van der Waals surface area contributed by atoms with Crippen molar-refractivity contribution < 1.29 is 9.31 Å². The topological polar surface area (TPSA) is 18.5 Å². The second-order valence-electron chi connectivity index (χ2n) is 4.80. The van der Waals surface area contributed by atoms with Crippen LogP contribution in [-0.4, -0.2) is 7.12 Å². The molecule has 0 radical (unpaired) electrons. The summed E-state index contributed by atoms with van der Waals surface area (Å²) in [5, 5.41) is 0. The van der Waals surface area contributed by atoms with Crippen LogP contribution in [0.2, 0.25) is 5.82 Å². The molecule has 16 heavy (non-hydrogen) atoms. The number of fused-ring (bicyclic) bond motifs is 1. The Bertz CT molecular complexity index is 334. The second-order valence-corrected chi connectivity index (χ2v) is 4.80. The van der Waals surface area contributed by atoms with Crippen LogP contribution in [0.3, 0.4) is 0 Å². The first kappa shape index (κ1) is 10.1. The molecule has 1 aliphatic heterocycles. The molecule has 1 aromatic rings. The lowest BCUT2D eigenvalue weighted by Crippen LogP contribution is -2.30. The van der Waals surface area contributed by atoms with Crippen molar-refractivity contribution in [3.63, 3.8) is 0 Å². The number of para-hydroxylation sites is 2.